The number of aliphatic hydroxyl groups excluding tert-OH is 2. The van der Waals surface area contributed by atoms with Gasteiger partial charge in [-0.2, -0.15) is 4.37 Å². The van der Waals surface area contributed by atoms with Gasteiger partial charge in [0.2, 0.25) is 5.06 Å². The molecule has 0 radical (unpaired) electrons. The maximum atomic E-state index is 14.2. The lowest BCUT2D eigenvalue weighted by atomic mass is 10.1. The first-order chi connectivity index (χ1) is 14.4. The van der Waals surface area contributed by atoms with Crippen LogP contribution in [0.2, 0.25) is 0 Å². The molecule has 3 N–H and O–H groups in total. The smallest absolute Gasteiger partial charge is 0.274 e. The van der Waals surface area contributed by atoms with Crippen LogP contribution < -0.4 is 10.1 Å². The van der Waals surface area contributed by atoms with E-state index in [9.17, 15) is 23.1 Å². The molecule has 1 amide bonds. The highest BCUT2D eigenvalue weighted by atomic mass is 32.1. The summed E-state index contributed by atoms with van der Waals surface area (Å²) in [7, 11) is 0. The van der Waals surface area contributed by atoms with Crippen LogP contribution in [0.15, 0.2) is 36.5 Å². The zero-order chi connectivity index (χ0) is 21.7. The van der Waals surface area contributed by atoms with E-state index in [1.54, 1.807) is 0 Å². The number of nitrogens with zero attached hydrogens (tertiary/aromatic N) is 2. The van der Waals surface area contributed by atoms with E-state index >= 15 is 0 Å². The number of benzene rings is 1. The average molecular weight is 439 g/mol. The maximum Gasteiger partial charge on any atom is 0.274 e. The summed E-state index contributed by atoms with van der Waals surface area (Å²) >= 11 is 0.942. The standard InChI is InChI=1S/C19H16F3N3O4S/c20-11-2-1-3-12(21)16(11)17-13(22)4-5-14(24-17)18(28)25-15-8-23-30-19(15)29-7-6-10(27)9-26/h1-5,8,10,26-27H,6-7,9H2,(H,25,28). The molecule has 3 aromatic rings. The third-order valence-corrected chi connectivity index (χ3v) is 4.67. The van der Waals surface area contributed by atoms with Crippen molar-refractivity contribution in [3.8, 4) is 16.3 Å². The largest absolute Gasteiger partial charge is 0.481 e. The zero-order valence-electron chi connectivity index (χ0n) is 15.3. The van der Waals surface area contributed by atoms with Gasteiger partial charge >= 0.3 is 0 Å². The van der Waals surface area contributed by atoms with Crippen LogP contribution >= 0.6 is 11.5 Å². The van der Waals surface area contributed by atoms with Gasteiger partial charge in [-0.25, -0.2) is 18.2 Å². The molecular weight excluding hydrogens is 423 g/mol. The topological polar surface area (TPSA) is 105 Å². The summed E-state index contributed by atoms with van der Waals surface area (Å²) in [6.45, 7) is -0.338. The van der Waals surface area contributed by atoms with Crippen molar-refractivity contribution in [2.75, 3.05) is 18.5 Å². The van der Waals surface area contributed by atoms with Crippen LogP contribution in [0.3, 0.4) is 0 Å². The summed E-state index contributed by atoms with van der Waals surface area (Å²) in [5, 5.41) is 20.9. The minimum atomic E-state index is -1.01. The summed E-state index contributed by atoms with van der Waals surface area (Å²) in [5.74, 6) is -3.78. The van der Waals surface area contributed by atoms with E-state index in [-0.39, 0.29) is 29.5 Å². The van der Waals surface area contributed by atoms with Crippen molar-refractivity contribution >= 4 is 23.1 Å². The first-order valence-corrected chi connectivity index (χ1v) is 9.46. The van der Waals surface area contributed by atoms with Gasteiger partial charge in [-0.1, -0.05) is 6.07 Å². The summed E-state index contributed by atoms with van der Waals surface area (Å²) in [6, 6.07) is 5.02. The predicted molar refractivity (Wildman–Crippen MR) is 103 cm³/mol. The van der Waals surface area contributed by atoms with Gasteiger partial charge in [0.15, 0.2) is 0 Å². The highest BCUT2D eigenvalue weighted by Crippen LogP contribution is 2.30. The van der Waals surface area contributed by atoms with Crippen molar-refractivity contribution in [1.82, 2.24) is 9.36 Å². The summed E-state index contributed by atoms with van der Waals surface area (Å²) in [5.41, 5.74) is -1.38. The van der Waals surface area contributed by atoms with E-state index in [0.717, 1.165) is 41.9 Å². The molecule has 0 bridgehead atoms. The minimum absolute atomic E-state index is 0.0678. The van der Waals surface area contributed by atoms with Crippen LogP contribution in [0.5, 0.6) is 5.06 Å². The fourth-order valence-corrected chi connectivity index (χ4v) is 3.04. The van der Waals surface area contributed by atoms with Gasteiger partial charge in [0.05, 0.1) is 31.1 Å². The van der Waals surface area contributed by atoms with Crippen molar-refractivity contribution < 1.29 is 32.9 Å². The second-order valence-corrected chi connectivity index (χ2v) is 6.84. The normalized spacial score (nSPS) is 11.9. The second-order valence-electron chi connectivity index (χ2n) is 6.08. The van der Waals surface area contributed by atoms with Crippen molar-refractivity contribution in [2.24, 2.45) is 0 Å². The Balaban J connectivity index is 1.79. The number of hydrogen-bond donors (Lipinski definition) is 3. The molecule has 0 aliphatic carbocycles. The number of hydrogen-bond acceptors (Lipinski definition) is 7. The number of aromatic nitrogens is 2. The van der Waals surface area contributed by atoms with Crippen LogP contribution in [-0.4, -0.2) is 44.8 Å². The Morgan fingerprint density at radius 3 is 2.60 bits per heavy atom. The van der Waals surface area contributed by atoms with E-state index in [2.05, 4.69) is 14.7 Å². The van der Waals surface area contributed by atoms with Gasteiger partial charge in [-0.3, -0.25) is 4.79 Å². The highest BCUT2D eigenvalue weighted by Gasteiger charge is 2.20. The lowest BCUT2D eigenvalue weighted by Gasteiger charge is -2.10. The third-order valence-electron chi connectivity index (χ3n) is 3.96. The van der Waals surface area contributed by atoms with Crippen molar-refractivity contribution in [3.63, 3.8) is 0 Å². The first-order valence-electron chi connectivity index (χ1n) is 8.69. The fraction of sp³-hybridized carbons (Fsp3) is 0.211. The number of aliphatic hydroxyl groups is 2. The molecule has 30 heavy (non-hydrogen) atoms. The van der Waals surface area contributed by atoms with Crippen LogP contribution in [0.25, 0.3) is 11.3 Å². The minimum Gasteiger partial charge on any atom is -0.481 e. The second kappa shape index (κ2) is 9.65. The Morgan fingerprint density at radius 1 is 1.17 bits per heavy atom. The van der Waals surface area contributed by atoms with Gasteiger partial charge in [0.25, 0.3) is 5.91 Å². The summed E-state index contributed by atoms with van der Waals surface area (Å²) in [6.07, 6.45) is 0.553. The number of anilines is 1. The third kappa shape index (κ3) is 4.93. The number of amides is 1. The monoisotopic (exact) mass is 439 g/mol. The lowest BCUT2D eigenvalue weighted by Crippen LogP contribution is -2.17. The maximum absolute atomic E-state index is 14.2. The molecule has 0 saturated carbocycles. The number of pyridine rings is 1. The summed E-state index contributed by atoms with van der Waals surface area (Å²) in [4.78, 5) is 16.3. The molecule has 2 heterocycles. The van der Waals surface area contributed by atoms with Crippen LogP contribution in [0.4, 0.5) is 18.9 Å². The fourth-order valence-electron chi connectivity index (χ4n) is 2.45. The molecule has 0 spiro atoms. The Labute approximate surface area is 173 Å². The highest BCUT2D eigenvalue weighted by molar-refractivity contribution is 7.08. The number of nitrogens with one attached hydrogen (secondary N) is 1. The van der Waals surface area contributed by atoms with Gasteiger partial charge in [0.1, 0.15) is 34.5 Å². The average Bonchev–Trinajstić information content (AvgIpc) is 3.15. The predicted octanol–water partition coefficient (Wildman–Crippen LogP) is 3.00. The number of halogens is 3. The Kier molecular flexibility index (Phi) is 6.98. The van der Waals surface area contributed by atoms with Gasteiger partial charge in [0, 0.05) is 18.0 Å². The molecule has 1 aromatic carbocycles. The van der Waals surface area contributed by atoms with Gasteiger partial charge in [-0.05, 0) is 24.3 Å². The van der Waals surface area contributed by atoms with E-state index in [1.165, 1.54) is 6.20 Å². The molecule has 7 nitrogen and oxygen atoms in total. The van der Waals surface area contributed by atoms with E-state index in [0.29, 0.717) is 0 Å². The molecule has 1 atom stereocenters. The van der Waals surface area contributed by atoms with E-state index in [1.807, 2.05) is 0 Å². The van der Waals surface area contributed by atoms with Crippen LogP contribution in [0, 0.1) is 17.5 Å². The first kappa shape index (κ1) is 21.7. The molecule has 0 fully saturated rings. The van der Waals surface area contributed by atoms with Crippen LogP contribution in [-0.2, 0) is 0 Å². The van der Waals surface area contributed by atoms with Gasteiger partial charge in [-0.15, -0.1) is 0 Å². The molecule has 158 valence electrons. The number of carbonyl (C=O) groups is 1. The molecule has 1 unspecified atom stereocenters. The molecule has 0 aliphatic rings. The van der Waals surface area contributed by atoms with Crippen LogP contribution in [0.1, 0.15) is 16.9 Å². The zero-order valence-corrected chi connectivity index (χ0v) is 16.1. The Hall–Kier alpha value is -3.02. The number of carbonyl (C=O) groups excluding carboxylic acids is 1. The molecule has 3 rings (SSSR count). The molecular formula is C19H16F3N3O4S. The quantitative estimate of drug-likeness (QED) is 0.499. The Bertz CT molecular complexity index is 1030. The Morgan fingerprint density at radius 2 is 1.90 bits per heavy atom. The van der Waals surface area contributed by atoms with E-state index in [4.69, 9.17) is 9.84 Å². The summed E-state index contributed by atoms with van der Waals surface area (Å²) < 4.78 is 51.5. The van der Waals surface area contributed by atoms with E-state index < -0.39 is 47.3 Å². The molecule has 0 aliphatic heterocycles. The molecule has 0 saturated heterocycles. The van der Waals surface area contributed by atoms with Crippen molar-refractivity contribution in [3.05, 3.63) is 59.7 Å². The SMILES string of the molecule is O=C(Nc1cnsc1OCCC(O)CO)c1ccc(F)c(-c2c(F)cccc2F)n1. The number of ether oxygens (including phenoxy) is 1. The lowest BCUT2D eigenvalue weighted by molar-refractivity contribution is 0.0759. The number of rotatable bonds is 8. The van der Waals surface area contributed by atoms with Crippen molar-refractivity contribution in [1.29, 1.82) is 0 Å². The molecule has 11 heteroatoms. The molecule has 2 aromatic heterocycles. The van der Waals surface area contributed by atoms with Crippen molar-refractivity contribution in [2.45, 2.75) is 12.5 Å². The van der Waals surface area contributed by atoms with Gasteiger partial charge < -0.3 is 20.3 Å².